The van der Waals surface area contributed by atoms with Crippen molar-refractivity contribution in [2.24, 2.45) is 5.92 Å². The van der Waals surface area contributed by atoms with Gasteiger partial charge in [-0.15, -0.1) is 11.8 Å². The second kappa shape index (κ2) is 5.87. The fourth-order valence-electron chi connectivity index (χ4n) is 1.95. The molecule has 5 heteroatoms. The Morgan fingerprint density at radius 1 is 1.50 bits per heavy atom. The van der Waals surface area contributed by atoms with E-state index in [1.807, 2.05) is 25.0 Å². The Morgan fingerprint density at radius 2 is 2.25 bits per heavy atom. The molecular formula is C11H16BrN3S. The molecule has 0 bridgehead atoms. The van der Waals surface area contributed by atoms with Gasteiger partial charge < -0.3 is 5.32 Å². The number of anilines is 1. The standard InChI is InChI=1S/C11H16BrN3S/c1-13-11-14-6-9(12)10(15-11)16-7-8-4-2-3-5-8/h6,8H,2-5,7H2,1H3,(H,13,14,15). The van der Waals surface area contributed by atoms with E-state index in [4.69, 9.17) is 0 Å². The quantitative estimate of drug-likeness (QED) is 0.681. The van der Waals surface area contributed by atoms with Crippen LogP contribution in [0.15, 0.2) is 15.7 Å². The topological polar surface area (TPSA) is 37.8 Å². The van der Waals surface area contributed by atoms with E-state index in [0.29, 0.717) is 5.95 Å². The summed E-state index contributed by atoms with van der Waals surface area (Å²) in [5.41, 5.74) is 0. The minimum Gasteiger partial charge on any atom is -0.357 e. The molecule has 88 valence electrons. The van der Waals surface area contributed by atoms with Crippen molar-refractivity contribution in [3.8, 4) is 0 Å². The van der Waals surface area contributed by atoms with E-state index in [0.717, 1.165) is 15.4 Å². The number of aromatic nitrogens is 2. The van der Waals surface area contributed by atoms with E-state index in [1.165, 1.54) is 31.4 Å². The second-order valence-electron chi connectivity index (χ2n) is 4.06. The first-order chi connectivity index (χ1) is 7.79. The lowest BCUT2D eigenvalue weighted by Crippen LogP contribution is -2.00. The van der Waals surface area contributed by atoms with Crippen molar-refractivity contribution in [3.63, 3.8) is 0 Å². The summed E-state index contributed by atoms with van der Waals surface area (Å²) in [6.45, 7) is 0. The van der Waals surface area contributed by atoms with Gasteiger partial charge in [0.2, 0.25) is 5.95 Å². The van der Waals surface area contributed by atoms with Crippen molar-refractivity contribution in [3.05, 3.63) is 10.7 Å². The Kier molecular flexibility index (Phi) is 4.46. The molecule has 16 heavy (non-hydrogen) atoms. The van der Waals surface area contributed by atoms with Gasteiger partial charge in [-0.05, 0) is 34.7 Å². The first-order valence-electron chi connectivity index (χ1n) is 5.62. The third-order valence-electron chi connectivity index (χ3n) is 2.87. The molecule has 0 spiro atoms. The fraction of sp³-hybridized carbons (Fsp3) is 0.636. The fourth-order valence-corrected chi connectivity index (χ4v) is 3.55. The van der Waals surface area contributed by atoms with Gasteiger partial charge >= 0.3 is 0 Å². The predicted octanol–water partition coefficient (Wildman–Crippen LogP) is 3.56. The van der Waals surface area contributed by atoms with Gasteiger partial charge in [0.25, 0.3) is 0 Å². The van der Waals surface area contributed by atoms with Crippen LogP contribution in [-0.4, -0.2) is 22.8 Å². The van der Waals surface area contributed by atoms with Crippen molar-refractivity contribution in [1.29, 1.82) is 0 Å². The molecular weight excluding hydrogens is 286 g/mol. The number of nitrogens with one attached hydrogen (secondary N) is 1. The minimum absolute atomic E-state index is 0.692. The molecule has 1 fully saturated rings. The van der Waals surface area contributed by atoms with Crippen LogP contribution in [-0.2, 0) is 0 Å². The molecule has 0 unspecified atom stereocenters. The summed E-state index contributed by atoms with van der Waals surface area (Å²) in [7, 11) is 1.84. The Morgan fingerprint density at radius 3 is 2.94 bits per heavy atom. The number of hydrogen-bond acceptors (Lipinski definition) is 4. The Hall–Kier alpha value is -0.290. The van der Waals surface area contributed by atoms with Crippen LogP contribution in [0.5, 0.6) is 0 Å². The van der Waals surface area contributed by atoms with E-state index in [-0.39, 0.29) is 0 Å². The maximum absolute atomic E-state index is 4.45. The van der Waals surface area contributed by atoms with Crippen LogP contribution in [0.2, 0.25) is 0 Å². The molecule has 0 aliphatic heterocycles. The molecule has 1 aromatic heterocycles. The normalized spacial score (nSPS) is 16.6. The Bertz CT molecular complexity index is 353. The number of nitrogens with zero attached hydrogens (tertiary/aromatic N) is 2. The highest BCUT2D eigenvalue weighted by Gasteiger charge is 2.16. The first kappa shape index (κ1) is 12.2. The maximum atomic E-state index is 4.45. The Balaban J connectivity index is 1.96. The molecule has 3 nitrogen and oxygen atoms in total. The van der Waals surface area contributed by atoms with Crippen molar-refractivity contribution in [2.75, 3.05) is 18.1 Å². The SMILES string of the molecule is CNc1ncc(Br)c(SCC2CCCC2)n1. The van der Waals surface area contributed by atoms with Crippen molar-refractivity contribution >= 4 is 33.6 Å². The molecule has 0 amide bonds. The smallest absolute Gasteiger partial charge is 0.223 e. The molecule has 1 aliphatic carbocycles. The summed E-state index contributed by atoms with van der Waals surface area (Å²) in [5.74, 6) is 2.75. The minimum atomic E-state index is 0.692. The van der Waals surface area contributed by atoms with Crippen LogP contribution in [0.1, 0.15) is 25.7 Å². The average Bonchev–Trinajstić information content (AvgIpc) is 2.81. The summed E-state index contributed by atoms with van der Waals surface area (Å²) in [5, 5.41) is 4.01. The molecule has 1 heterocycles. The molecule has 1 aromatic rings. The lowest BCUT2D eigenvalue weighted by Gasteiger charge is -2.09. The molecule has 1 N–H and O–H groups in total. The molecule has 2 rings (SSSR count). The van der Waals surface area contributed by atoms with Crippen LogP contribution in [0.25, 0.3) is 0 Å². The van der Waals surface area contributed by atoms with Gasteiger partial charge in [0, 0.05) is 19.0 Å². The van der Waals surface area contributed by atoms with Crippen molar-refractivity contribution in [1.82, 2.24) is 9.97 Å². The molecule has 0 aromatic carbocycles. The second-order valence-corrected chi connectivity index (χ2v) is 5.92. The van der Waals surface area contributed by atoms with Gasteiger partial charge in [0.1, 0.15) is 5.03 Å². The molecule has 0 atom stereocenters. The molecule has 0 radical (unpaired) electrons. The van der Waals surface area contributed by atoms with Gasteiger partial charge in [-0.1, -0.05) is 12.8 Å². The monoisotopic (exact) mass is 301 g/mol. The number of rotatable bonds is 4. The zero-order chi connectivity index (χ0) is 11.4. The van der Waals surface area contributed by atoms with Crippen LogP contribution < -0.4 is 5.32 Å². The summed E-state index contributed by atoms with van der Waals surface area (Å²) < 4.78 is 0.995. The third-order valence-corrected chi connectivity index (χ3v) is 4.93. The van der Waals surface area contributed by atoms with E-state index < -0.39 is 0 Å². The number of hydrogen-bond donors (Lipinski definition) is 1. The maximum Gasteiger partial charge on any atom is 0.223 e. The summed E-state index contributed by atoms with van der Waals surface area (Å²) >= 11 is 5.33. The van der Waals surface area contributed by atoms with Gasteiger partial charge in [-0.2, -0.15) is 0 Å². The molecule has 1 aliphatic rings. The highest BCUT2D eigenvalue weighted by atomic mass is 79.9. The highest BCUT2D eigenvalue weighted by Crippen LogP contribution is 2.33. The van der Waals surface area contributed by atoms with Gasteiger partial charge in [-0.3, -0.25) is 0 Å². The molecule has 1 saturated carbocycles. The van der Waals surface area contributed by atoms with E-state index in [1.54, 1.807) is 0 Å². The van der Waals surface area contributed by atoms with Crippen LogP contribution in [0.3, 0.4) is 0 Å². The zero-order valence-corrected chi connectivity index (χ0v) is 11.8. The average molecular weight is 302 g/mol. The number of halogens is 1. The lowest BCUT2D eigenvalue weighted by atomic mass is 10.1. The Labute approximate surface area is 109 Å². The summed E-state index contributed by atoms with van der Waals surface area (Å²) in [4.78, 5) is 8.60. The third kappa shape index (κ3) is 3.10. The van der Waals surface area contributed by atoms with Crippen LogP contribution >= 0.6 is 27.7 Å². The predicted molar refractivity (Wildman–Crippen MR) is 72.0 cm³/mol. The summed E-state index contributed by atoms with van der Waals surface area (Å²) in [6.07, 6.45) is 7.38. The van der Waals surface area contributed by atoms with Gasteiger partial charge in [-0.25, -0.2) is 9.97 Å². The van der Waals surface area contributed by atoms with E-state index >= 15 is 0 Å². The van der Waals surface area contributed by atoms with E-state index in [2.05, 4.69) is 31.2 Å². The number of thioether (sulfide) groups is 1. The lowest BCUT2D eigenvalue weighted by molar-refractivity contribution is 0.622. The molecule has 0 saturated heterocycles. The zero-order valence-electron chi connectivity index (χ0n) is 9.37. The highest BCUT2D eigenvalue weighted by molar-refractivity contribution is 9.10. The van der Waals surface area contributed by atoms with Gasteiger partial charge in [0.15, 0.2) is 0 Å². The van der Waals surface area contributed by atoms with Crippen molar-refractivity contribution < 1.29 is 0 Å². The van der Waals surface area contributed by atoms with Crippen molar-refractivity contribution in [2.45, 2.75) is 30.7 Å². The van der Waals surface area contributed by atoms with Crippen LogP contribution in [0.4, 0.5) is 5.95 Å². The first-order valence-corrected chi connectivity index (χ1v) is 7.40. The van der Waals surface area contributed by atoms with Gasteiger partial charge in [0.05, 0.1) is 4.47 Å². The summed E-state index contributed by atoms with van der Waals surface area (Å²) in [6, 6.07) is 0. The van der Waals surface area contributed by atoms with E-state index in [9.17, 15) is 0 Å². The van der Waals surface area contributed by atoms with Crippen LogP contribution in [0, 0.1) is 5.92 Å². The largest absolute Gasteiger partial charge is 0.357 e.